The second-order valence-corrected chi connectivity index (χ2v) is 4.23. The molecule has 0 fully saturated rings. The minimum Gasteiger partial charge on any atom is -0.508 e. The molecule has 0 aliphatic rings. The molecule has 1 aromatic carbocycles. The molecule has 1 unspecified atom stereocenters. The number of aliphatic hydroxyl groups is 1. The van der Waals surface area contributed by atoms with Crippen molar-refractivity contribution >= 4 is 5.91 Å². The molecular formula is C13H19NO4. The summed E-state index contributed by atoms with van der Waals surface area (Å²) in [5, 5.41) is 30.1. The molecule has 0 spiro atoms. The summed E-state index contributed by atoms with van der Waals surface area (Å²) in [5.41, 5.74) is 0.214. The summed E-state index contributed by atoms with van der Waals surface area (Å²) in [6.07, 6.45) is 1.51. The Bertz CT molecular complexity index is 386. The lowest BCUT2D eigenvalue weighted by Crippen LogP contribution is -2.29. The van der Waals surface area contributed by atoms with Crippen molar-refractivity contribution in [1.29, 1.82) is 0 Å². The number of hydrogen-bond acceptors (Lipinski definition) is 4. The van der Waals surface area contributed by atoms with Crippen molar-refractivity contribution in [3.05, 3.63) is 23.8 Å². The Morgan fingerprint density at radius 2 is 1.89 bits per heavy atom. The maximum atomic E-state index is 11.8. The summed E-state index contributed by atoms with van der Waals surface area (Å²) in [6, 6.07) is 3.75. The highest BCUT2D eigenvalue weighted by Gasteiger charge is 2.11. The van der Waals surface area contributed by atoms with Crippen molar-refractivity contribution in [3.8, 4) is 11.5 Å². The number of nitrogens with one attached hydrogen (secondary N) is 1. The highest BCUT2D eigenvalue weighted by molar-refractivity contribution is 5.95. The second-order valence-electron chi connectivity index (χ2n) is 4.23. The van der Waals surface area contributed by atoms with Crippen LogP contribution in [-0.4, -0.2) is 34.4 Å². The first-order valence-electron chi connectivity index (χ1n) is 5.99. The van der Waals surface area contributed by atoms with Crippen molar-refractivity contribution in [2.75, 3.05) is 13.2 Å². The number of aliphatic hydroxyl groups excluding tert-OH is 1. The van der Waals surface area contributed by atoms with Gasteiger partial charge in [0.2, 0.25) is 0 Å². The first-order valence-corrected chi connectivity index (χ1v) is 5.99. The average molecular weight is 253 g/mol. The lowest BCUT2D eigenvalue weighted by molar-refractivity contribution is 0.0942. The standard InChI is InChI=1S/C13H19NO4/c1-2-9(3-4-15)8-14-13(18)10-5-11(16)7-12(17)6-10/h5-7,9,15-17H,2-4,8H2,1H3,(H,14,18). The highest BCUT2D eigenvalue weighted by Crippen LogP contribution is 2.20. The fourth-order valence-corrected chi connectivity index (χ4v) is 1.70. The van der Waals surface area contributed by atoms with Gasteiger partial charge in [-0.1, -0.05) is 13.3 Å². The van der Waals surface area contributed by atoms with Gasteiger partial charge in [0.25, 0.3) is 5.91 Å². The van der Waals surface area contributed by atoms with Crippen molar-refractivity contribution in [1.82, 2.24) is 5.32 Å². The van der Waals surface area contributed by atoms with Gasteiger partial charge in [0.1, 0.15) is 11.5 Å². The molecule has 100 valence electrons. The monoisotopic (exact) mass is 253 g/mol. The Labute approximate surface area is 106 Å². The molecule has 4 N–H and O–H groups in total. The number of carbonyl (C=O) groups excluding carboxylic acids is 1. The first kappa shape index (κ1) is 14.3. The molecule has 1 rings (SSSR count). The van der Waals surface area contributed by atoms with E-state index >= 15 is 0 Å². The number of hydrogen-bond donors (Lipinski definition) is 4. The molecule has 1 amide bonds. The topological polar surface area (TPSA) is 89.8 Å². The molecule has 18 heavy (non-hydrogen) atoms. The van der Waals surface area contributed by atoms with E-state index in [1.807, 2.05) is 6.92 Å². The number of carbonyl (C=O) groups is 1. The predicted octanol–water partition coefficient (Wildman–Crippen LogP) is 1.24. The van der Waals surface area contributed by atoms with Crippen molar-refractivity contribution in [2.24, 2.45) is 5.92 Å². The third-order valence-electron chi connectivity index (χ3n) is 2.83. The smallest absolute Gasteiger partial charge is 0.251 e. The van der Waals surface area contributed by atoms with Gasteiger partial charge in [-0.15, -0.1) is 0 Å². The van der Waals surface area contributed by atoms with Crippen LogP contribution in [0.2, 0.25) is 0 Å². The van der Waals surface area contributed by atoms with E-state index in [1.54, 1.807) is 0 Å². The molecule has 1 atom stereocenters. The molecule has 5 heteroatoms. The minimum absolute atomic E-state index is 0.0985. The lowest BCUT2D eigenvalue weighted by atomic mass is 10.0. The van der Waals surface area contributed by atoms with Crippen LogP contribution < -0.4 is 5.32 Å². The third kappa shape index (κ3) is 4.25. The fourth-order valence-electron chi connectivity index (χ4n) is 1.70. The number of amides is 1. The van der Waals surface area contributed by atoms with E-state index in [0.29, 0.717) is 13.0 Å². The maximum absolute atomic E-state index is 11.8. The van der Waals surface area contributed by atoms with Gasteiger partial charge in [-0.05, 0) is 24.5 Å². The second kappa shape index (κ2) is 6.86. The van der Waals surface area contributed by atoms with E-state index < -0.39 is 0 Å². The van der Waals surface area contributed by atoms with Crippen molar-refractivity contribution < 1.29 is 20.1 Å². The van der Waals surface area contributed by atoms with Gasteiger partial charge in [0, 0.05) is 24.8 Å². The van der Waals surface area contributed by atoms with Gasteiger partial charge < -0.3 is 20.6 Å². The minimum atomic E-state index is -0.349. The van der Waals surface area contributed by atoms with Crippen LogP contribution in [0.4, 0.5) is 0 Å². The summed E-state index contributed by atoms with van der Waals surface area (Å²) in [5.74, 6) is -0.424. The molecule has 0 aliphatic carbocycles. The zero-order valence-electron chi connectivity index (χ0n) is 10.4. The van der Waals surface area contributed by atoms with Gasteiger partial charge in [0.05, 0.1) is 0 Å². The van der Waals surface area contributed by atoms with E-state index in [9.17, 15) is 15.0 Å². The average Bonchev–Trinajstić information content (AvgIpc) is 2.32. The first-order chi connectivity index (χ1) is 8.56. The molecule has 0 saturated carbocycles. The van der Waals surface area contributed by atoms with Crippen LogP contribution in [0.15, 0.2) is 18.2 Å². The lowest BCUT2D eigenvalue weighted by Gasteiger charge is -2.14. The maximum Gasteiger partial charge on any atom is 0.251 e. The predicted molar refractivity (Wildman–Crippen MR) is 67.6 cm³/mol. The van der Waals surface area contributed by atoms with Gasteiger partial charge in [0.15, 0.2) is 0 Å². The number of benzene rings is 1. The van der Waals surface area contributed by atoms with E-state index in [4.69, 9.17) is 5.11 Å². The number of rotatable bonds is 6. The van der Waals surface area contributed by atoms with Crippen LogP contribution in [0.25, 0.3) is 0 Å². The molecule has 1 aromatic rings. The van der Waals surface area contributed by atoms with E-state index in [-0.39, 0.29) is 35.5 Å². The van der Waals surface area contributed by atoms with Crippen molar-refractivity contribution in [2.45, 2.75) is 19.8 Å². The number of phenols is 2. The highest BCUT2D eigenvalue weighted by atomic mass is 16.3. The van der Waals surface area contributed by atoms with Crippen LogP contribution in [0.1, 0.15) is 30.1 Å². The summed E-state index contributed by atoms with van der Waals surface area (Å²) >= 11 is 0. The van der Waals surface area contributed by atoms with E-state index in [0.717, 1.165) is 12.5 Å². The molecule has 0 saturated heterocycles. The van der Waals surface area contributed by atoms with E-state index in [1.165, 1.54) is 12.1 Å². The van der Waals surface area contributed by atoms with Crippen molar-refractivity contribution in [3.63, 3.8) is 0 Å². The number of aromatic hydroxyl groups is 2. The van der Waals surface area contributed by atoms with Gasteiger partial charge in [-0.3, -0.25) is 4.79 Å². The molecule has 5 nitrogen and oxygen atoms in total. The van der Waals surface area contributed by atoms with E-state index in [2.05, 4.69) is 5.32 Å². The SMILES string of the molecule is CCC(CCO)CNC(=O)c1cc(O)cc(O)c1. The fraction of sp³-hybridized carbons (Fsp3) is 0.462. The molecule has 0 aromatic heterocycles. The molecular weight excluding hydrogens is 234 g/mol. The number of phenolic OH excluding ortho intramolecular Hbond substituents is 2. The van der Waals surface area contributed by atoms with Crippen LogP contribution in [0, 0.1) is 5.92 Å². The molecule has 0 bridgehead atoms. The summed E-state index contributed by atoms with van der Waals surface area (Å²) in [6.45, 7) is 2.56. The zero-order valence-corrected chi connectivity index (χ0v) is 10.4. The Hall–Kier alpha value is -1.75. The van der Waals surface area contributed by atoms with Gasteiger partial charge in [-0.25, -0.2) is 0 Å². The summed E-state index contributed by atoms with van der Waals surface area (Å²) < 4.78 is 0. The van der Waals surface area contributed by atoms with Crippen LogP contribution in [0.5, 0.6) is 11.5 Å². The Kier molecular flexibility index (Phi) is 5.45. The summed E-state index contributed by atoms with van der Waals surface area (Å²) in [4.78, 5) is 11.8. The summed E-state index contributed by atoms with van der Waals surface area (Å²) in [7, 11) is 0. The van der Waals surface area contributed by atoms with Gasteiger partial charge >= 0.3 is 0 Å². The third-order valence-corrected chi connectivity index (χ3v) is 2.83. The zero-order chi connectivity index (χ0) is 13.5. The Morgan fingerprint density at radius 1 is 1.28 bits per heavy atom. The largest absolute Gasteiger partial charge is 0.508 e. The quantitative estimate of drug-likeness (QED) is 0.614. The van der Waals surface area contributed by atoms with Crippen LogP contribution in [0.3, 0.4) is 0 Å². The normalized spacial score (nSPS) is 12.1. The molecule has 0 heterocycles. The molecule has 0 aliphatic heterocycles. The molecule has 0 radical (unpaired) electrons. The van der Waals surface area contributed by atoms with Crippen LogP contribution >= 0.6 is 0 Å². The Balaban J connectivity index is 2.59. The van der Waals surface area contributed by atoms with Gasteiger partial charge in [-0.2, -0.15) is 0 Å². The Morgan fingerprint density at radius 3 is 2.39 bits per heavy atom. The van der Waals surface area contributed by atoms with Crippen LogP contribution in [-0.2, 0) is 0 Å².